The van der Waals surface area contributed by atoms with E-state index in [4.69, 9.17) is 15.3 Å². The quantitative estimate of drug-likeness (QED) is 0.469. The maximum Gasteiger partial charge on any atom is 0.335 e. The van der Waals surface area contributed by atoms with Crippen LogP contribution in [0.15, 0.2) is 35.5 Å². The number of rotatable bonds is 5. The van der Waals surface area contributed by atoms with Gasteiger partial charge < -0.3 is 15.3 Å². The second kappa shape index (κ2) is 5.50. The Hall–Kier alpha value is -2.37. The van der Waals surface area contributed by atoms with Crippen molar-refractivity contribution in [3.05, 3.63) is 35.5 Å². The van der Waals surface area contributed by atoms with Crippen molar-refractivity contribution in [3.63, 3.8) is 0 Å². The lowest BCUT2D eigenvalue weighted by atomic mass is 10.0. The van der Waals surface area contributed by atoms with Crippen LogP contribution in [0.2, 0.25) is 0 Å². The number of carboxylic acid groups (broad SMARTS) is 3. The zero-order chi connectivity index (χ0) is 12.9. The van der Waals surface area contributed by atoms with E-state index in [0.717, 1.165) is 6.08 Å². The average Bonchev–Trinajstić information content (AvgIpc) is 2.15. The molecule has 3 N–H and O–H groups in total. The molecule has 0 atom stereocenters. The van der Waals surface area contributed by atoms with E-state index in [-0.39, 0.29) is 5.57 Å². The van der Waals surface area contributed by atoms with E-state index in [2.05, 4.69) is 6.58 Å². The predicted molar refractivity (Wildman–Crippen MR) is 53.9 cm³/mol. The minimum Gasteiger partial charge on any atom is -0.478 e. The molecule has 0 aliphatic rings. The van der Waals surface area contributed by atoms with Crippen molar-refractivity contribution in [2.45, 2.75) is 6.92 Å². The number of aliphatic carboxylic acids is 3. The summed E-state index contributed by atoms with van der Waals surface area (Å²) < 4.78 is 0. The van der Waals surface area contributed by atoms with Gasteiger partial charge in [0, 0.05) is 6.08 Å². The first-order valence-corrected chi connectivity index (χ1v) is 4.05. The molecule has 86 valence electrons. The van der Waals surface area contributed by atoms with Crippen molar-refractivity contribution < 1.29 is 29.7 Å². The van der Waals surface area contributed by atoms with Crippen molar-refractivity contribution in [3.8, 4) is 0 Å². The Bertz CT molecular complexity index is 413. The van der Waals surface area contributed by atoms with Crippen LogP contribution in [0.5, 0.6) is 0 Å². The Kier molecular flexibility index (Phi) is 4.68. The third kappa shape index (κ3) is 3.79. The molecule has 0 rings (SSSR count). The van der Waals surface area contributed by atoms with E-state index in [1.54, 1.807) is 0 Å². The summed E-state index contributed by atoms with van der Waals surface area (Å²) in [6.45, 7) is 4.42. The fourth-order valence-electron chi connectivity index (χ4n) is 0.834. The highest BCUT2D eigenvalue weighted by atomic mass is 16.4. The summed E-state index contributed by atoms with van der Waals surface area (Å²) in [5, 5.41) is 25.7. The van der Waals surface area contributed by atoms with Gasteiger partial charge in [0.25, 0.3) is 0 Å². The summed E-state index contributed by atoms with van der Waals surface area (Å²) in [7, 11) is 0. The Balaban J connectivity index is 5.41. The largest absolute Gasteiger partial charge is 0.478 e. The second-order valence-electron chi connectivity index (χ2n) is 2.80. The maximum atomic E-state index is 10.7. The van der Waals surface area contributed by atoms with Gasteiger partial charge in [-0.2, -0.15) is 0 Å². The first-order valence-electron chi connectivity index (χ1n) is 4.05. The van der Waals surface area contributed by atoms with Crippen LogP contribution < -0.4 is 0 Å². The van der Waals surface area contributed by atoms with Crippen LogP contribution in [0.1, 0.15) is 6.92 Å². The van der Waals surface area contributed by atoms with Gasteiger partial charge in [0.15, 0.2) is 0 Å². The van der Waals surface area contributed by atoms with E-state index in [0.29, 0.717) is 6.08 Å². The SMILES string of the molecule is C=C(C(=O)O)C(C)=C(C=CC(=O)O)C(=O)O. The monoisotopic (exact) mass is 226 g/mol. The van der Waals surface area contributed by atoms with Crippen molar-refractivity contribution in [1.82, 2.24) is 0 Å². The van der Waals surface area contributed by atoms with Crippen LogP contribution in [0, 0.1) is 0 Å². The Morgan fingerprint density at radius 1 is 1.00 bits per heavy atom. The molecule has 0 amide bonds. The molecule has 0 aromatic heterocycles. The molecule has 0 aromatic rings. The minimum absolute atomic E-state index is 0.0995. The maximum absolute atomic E-state index is 10.7. The Labute approximate surface area is 90.8 Å². The van der Waals surface area contributed by atoms with Crippen molar-refractivity contribution in [2.24, 2.45) is 0 Å². The Morgan fingerprint density at radius 2 is 1.50 bits per heavy atom. The topological polar surface area (TPSA) is 112 Å². The third-order valence-corrected chi connectivity index (χ3v) is 1.74. The molecule has 0 heterocycles. The van der Waals surface area contributed by atoms with E-state index in [9.17, 15) is 14.4 Å². The predicted octanol–water partition coefficient (Wildman–Crippen LogP) is 0.669. The summed E-state index contributed by atoms with van der Waals surface area (Å²) in [5.41, 5.74) is -0.917. The molecular weight excluding hydrogens is 216 g/mol. The van der Waals surface area contributed by atoms with Gasteiger partial charge in [-0.05, 0) is 18.6 Å². The van der Waals surface area contributed by atoms with Gasteiger partial charge in [0.05, 0.1) is 11.1 Å². The van der Waals surface area contributed by atoms with Crippen LogP contribution in [-0.2, 0) is 14.4 Å². The van der Waals surface area contributed by atoms with Crippen LogP contribution in [-0.4, -0.2) is 33.2 Å². The van der Waals surface area contributed by atoms with Gasteiger partial charge in [-0.15, -0.1) is 0 Å². The van der Waals surface area contributed by atoms with Gasteiger partial charge in [-0.3, -0.25) is 0 Å². The van der Waals surface area contributed by atoms with Crippen molar-refractivity contribution in [1.29, 1.82) is 0 Å². The van der Waals surface area contributed by atoms with Crippen molar-refractivity contribution >= 4 is 17.9 Å². The van der Waals surface area contributed by atoms with Gasteiger partial charge in [-0.25, -0.2) is 14.4 Å². The van der Waals surface area contributed by atoms with Gasteiger partial charge in [-0.1, -0.05) is 6.58 Å². The molecule has 0 spiro atoms. The molecule has 0 unspecified atom stereocenters. The summed E-state index contributed by atoms with van der Waals surface area (Å²) in [5.74, 6) is -4.11. The van der Waals surface area contributed by atoms with Crippen molar-refractivity contribution in [2.75, 3.05) is 0 Å². The number of carbonyl (C=O) groups is 3. The summed E-state index contributed by atoms with van der Waals surface area (Å²) in [6.07, 6.45) is 1.43. The smallest absolute Gasteiger partial charge is 0.335 e. The molecule has 6 nitrogen and oxygen atoms in total. The first kappa shape index (κ1) is 13.6. The van der Waals surface area contributed by atoms with Crippen LogP contribution in [0.4, 0.5) is 0 Å². The molecule has 0 bridgehead atoms. The lowest BCUT2D eigenvalue weighted by Crippen LogP contribution is -2.07. The lowest BCUT2D eigenvalue weighted by molar-refractivity contribution is -0.132. The second-order valence-corrected chi connectivity index (χ2v) is 2.80. The van der Waals surface area contributed by atoms with E-state index in [1.807, 2.05) is 0 Å². The highest BCUT2D eigenvalue weighted by Crippen LogP contribution is 2.14. The molecule has 0 radical (unpaired) electrons. The van der Waals surface area contributed by atoms with Gasteiger partial charge >= 0.3 is 17.9 Å². The lowest BCUT2D eigenvalue weighted by Gasteiger charge is -2.03. The zero-order valence-electron chi connectivity index (χ0n) is 8.43. The molecule has 6 heteroatoms. The highest BCUT2D eigenvalue weighted by molar-refractivity contribution is 5.99. The van der Waals surface area contributed by atoms with E-state index < -0.39 is 29.1 Å². The molecule has 0 saturated carbocycles. The molecule has 0 aliphatic heterocycles. The molecule has 0 aliphatic carbocycles. The highest BCUT2D eigenvalue weighted by Gasteiger charge is 2.14. The Morgan fingerprint density at radius 3 is 1.81 bits per heavy atom. The summed E-state index contributed by atoms with van der Waals surface area (Å²) >= 11 is 0. The number of hydrogen-bond donors (Lipinski definition) is 3. The standard InChI is InChI=1S/C10H10O6/c1-5(6(2)9(13)14)7(10(15)16)3-4-8(11)12/h3-4H,2H2,1H3,(H,11,12)(H,13,14)(H,15,16). The zero-order valence-corrected chi connectivity index (χ0v) is 8.43. The number of carboxylic acids is 3. The summed E-state index contributed by atoms with van der Waals surface area (Å²) in [6, 6.07) is 0. The van der Waals surface area contributed by atoms with Crippen LogP contribution in [0.3, 0.4) is 0 Å². The van der Waals surface area contributed by atoms with Crippen LogP contribution in [0.25, 0.3) is 0 Å². The summed E-state index contributed by atoms with van der Waals surface area (Å²) in [4.78, 5) is 31.5. The molecular formula is C10H10O6. The van der Waals surface area contributed by atoms with Gasteiger partial charge in [0.2, 0.25) is 0 Å². The van der Waals surface area contributed by atoms with E-state index in [1.165, 1.54) is 6.92 Å². The van der Waals surface area contributed by atoms with Crippen LogP contribution >= 0.6 is 0 Å². The average molecular weight is 226 g/mol. The number of hydrogen-bond acceptors (Lipinski definition) is 3. The van der Waals surface area contributed by atoms with Gasteiger partial charge in [0.1, 0.15) is 0 Å². The third-order valence-electron chi connectivity index (χ3n) is 1.74. The van der Waals surface area contributed by atoms with E-state index >= 15 is 0 Å². The molecule has 0 saturated heterocycles. The molecule has 0 aromatic carbocycles. The minimum atomic E-state index is -1.42. The fraction of sp³-hybridized carbons (Fsp3) is 0.100. The molecule has 16 heavy (non-hydrogen) atoms. The fourth-order valence-corrected chi connectivity index (χ4v) is 0.834. The normalized spacial score (nSPS) is 12.1. The first-order chi connectivity index (χ1) is 7.27. The molecule has 0 fully saturated rings.